The van der Waals surface area contributed by atoms with Gasteiger partial charge in [0, 0.05) is 18.2 Å². The Morgan fingerprint density at radius 2 is 2.11 bits per heavy atom. The Kier molecular flexibility index (Phi) is 3.89. The van der Waals surface area contributed by atoms with Crippen molar-refractivity contribution in [3.05, 3.63) is 18.2 Å². The minimum absolute atomic E-state index is 0.178. The fourth-order valence-electron chi connectivity index (χ4n) is 1.55. The molecule has 1 N–H and O–H groups in total. The number of ether oxygens (including phenoxy) is 3. The number of hydrogen-bond acceptors (Lipinski definition) is 5. The van der Waals surface area contributed by atoms with Crippen LogP contribution in [0, 0.1) is 0 Å². The van der Waals surface area contributed by atoms with Gasteiger partial charge in [-0.3, -0.25) is 9.59 Å². The van der Waals surface area contributed by atoms with Crippen LogP contribution < -0.4 is 14.8 Å². The monoisotopic (exact) mass is 265 g/mol. The molecule has 6 nitrogen and oxygen atoms in total. The first kappa shape index (κ1) is 13.2. The average molecular weight is 265 g/mol. The molecule has 1 aliphatic heterocycles. The van der Waals surface area contributed by atoms with Crippen molar-refractivity contribution < 1.29 is 23.8 Å². The van der Waals surface area contributed by atoms with Gasteiger partial charge in [-0.1, -0.05) is 6.92 Å². The van der Waals surface area contributed by atoms with Crippen molar-refractivity contribution in [2.45, 2.75) is 26.4 Å². The highest BCUT2D eigenvalue weighted by molar-refractivity contribution is 5.95. The highest BCUT2D eigenvalue weighted by atomic mass is 16.7. The summed E-state index contributed by atoms with van der Waals surface area (Å²) >= 11 is 0. The molecule has 2 rings (SSSR count). The number of benzene rings is 1. The van der Waals surface area contributed by atoms with E-state index < -0.39 is 12.1 Å². The van der Waals surface area contributed by atoms with Gasteiger partial charge in [0.2, 0.25) is 6.79 Å². The molecule has 0 saturated heterocycles. The molecule has 1 heterocycles. The summed E-state index contributed by atoms with van der Waals surface area (Å²) in [4.78, 5) is 22.9. The van der Waals surface area contributed by atoms with Crippen LogP contribution in [0.15, 0.2) is 18.2 Å². The van der Waals surface area contributed by atoms with Crippen LogP contribution in [0.2, 0.25) is 0 Å². The van der Waals surface area contributed by atoms with E-state index in [1.54, 1.807) is 25.1 Å². The molecule has 0 bridgehead atoms. The Balaban J connectivity index is 1.97. The zero-order chi connectivity index (χ0) is 13.8. The molecular weight excluding hydrogens is 250 g/mol. The lowest BCUT2D eigenvalue weighted by Crippen LogP contribution is -2.29. The lowest BCUT2D eigenvalue weighted by atomic mass is 10.2. The zero-order valence-electron chi connectivity index (χ0n) is 10.8. The van der Waals surface area contributed by atoms with E-state index >= 15 is 0 Å². The van der Waals surface area contributed by atoms with Crippen LogP contribution in [-0.4, -0.2) is 24.8 Å². The largest absolute Gasteiger partial charge is 0.454 e. The van der Waals surface area contributed by atoms with E-state index in [0.29, 0.717) is 17.2 Å². The van der Waals surface area contributed by atoms with Crippen molar-refractivity contribution in [1.82, 2.24) is 0 Å². The smallest absolute Gasteiger partial charge is 0.306 e. The molecule has 0 aliphatic carbocycles. The molecule has 1 aromatic carbocycles. The second kappa shape index (κ2) is 5.60. The molecule has 0 spiro atoms. The number of rotatable bonds is 4. The Morgan fingerprint density at radius 3 is 2.84 bits per heavy atom. The zero-order valence-corrected chi connectivity index (χ0v) is 10.8. The first-order valence-corrected chi connectivity index (χ1v) is 6.00. The number of amides is 1. The van der Waals surface area contributed by atoms with Crippen molar-refractivity contribution in [3.8, 4) is 11.5 Å². The highest BCUT2D eigenvalue weighted by Crippen LogP contribution is 2.34. The summed E-state index contributed by atoms with van der Waals surface area (Å²) in [6.07, 6.45) is -0.598. The molecule has 1 aromatic rings. The van der Waals surface area contributed by atoms with Gasteiger partial charge in [0.05, 0.1) is 0 Å². The number of anilines is 1. The predicted molar refractivity (Wildman–Crippen MR) is 67.0 cm³/mol. The molecule has 1 amide bonds. The van der Waals surface area contributed by atoms with Crippen LogP contribution in [0.4, 0.5) is 5.69 Å². The van der Waals surface area contributed by atoms with E-state index in [0.717, 1.165) is 0 Å². The van der Waals surface area contributed by atoms with Crippen molar-refractivity contribution in [3.63, 3.8) is 0 Å². The van der Waals surface area contributed by atoms with Crippen LogP contribution in [0.5, 0.6) is 11.5 Å². The second-order valence-corrected chi connectivity index (χ2v) is 4.04. The maximum absolute atomic E-state index is 11.8. The topological polar surface area (TPSA) is 73.9 Å². The fourth-order valence-corrected chi connectivity index (χ4v) is 1.55. The molecule has 0 unspecified atom stereocenters. The van der Waals surface area contributed by atoms with E-state index in [4.69, 9.17) is 14.2 Å². The number of fused-ring (bicyclic) bond motifs is 1. The van der Waals surface area contributed by atoms with Crippen LogP contribution in [0.25, 0.3) is 0 Å². The minimum atomic E-state index is -0.835. The first-order chi connectivity index (χ1) is 9.10. The molecule has 19 heavy (non-hydrogen) atoms. The van der Waals surface area contributed by atoms with Crippen LogP contribution in [0.1, 0.15) is 20.3 Å². The minimum Gasteiger partial charge on any atom is -0.454 e. The maximum Gasteiger partial charge on any atom is 0.306 e. The average Bonchev–Trinajstić information content (AvgIpc) is 2.85. The van der Waals surface area contributed by atoms with E-state index in [9.17, 15) is 9.59 Å². The predicted octanol–water partition coefficient (Wildman–Crippen LogP) is 1.70. The molecule has 6 heteroatoms. The SMILES string of the molecule is CCC(=O)O[C@@H](C)C(=O)Nc1ccc2c(c1)OCO2. The summed E-state index contributed by atoms with van der Waals surface area (Å²) in [5, 5.41) is 2.65. The lowest BCUT2D eigenvalue weighted by Gasteiger charge is -2.13. The molecule has 0 aromatic heterocycles. The van der Waals surface area contributed by atoms with Gasteiger partial charge in [0.1, 0.15) is 0 Å². The Labute approximate surface area is 110 Å². The summed E-state index contributed by atoms with van der Waals surface area (Å²) in [6.45, 7) is 3.37. The number of hydrogen-bond donors (Lipinski definition) is 1. The van der Waals surface area contributed by atoms with Gasteiger partial charge in [0.25, 0.3) is 5.91 Å². The highest BCUT2D eigenvalue weighted by Gasteiger charge is 2.19. The first-order valence-electron chi connectivity index (χ1n) is 6.00. The molecule has 102 valence electrons. The third-order valence-electron chi connectivity index (χ3n) is 2.61. The molecule has 0 fully saturated rings. The molecule has 1 aliphatic rings. The number of esters is 1. The third-order valence-corrected chi connectivity index (χ3v) is 2.61. The lowest BCUT2D eigenvalue weighted by molar-refractivity contribution is -0.152. The van der Waals surface area contributed by atoms with Crippen molar-refractivity contribution in [2.75, 3.05) is 12.1 Å². The fraction of sp³-hybridized carbons (Fsp3) is 0.385. The van der Waals surface area contributed by atoms with E-state index in [1.165, 1.54) is 6.92 Å². The molecule has 1 atom stereocenters. The molecule has 0 saturated carbocycles. The van der Waals surface area contributed by atoms with Crippen molar-refractivity contribution in [1.29, 1.82) is 0 Å². The van der Waals surface area contributed by atoms with Gasteiger partial charge in [-0.05, 0) is 19.1 Å². The van der Waals surface area contributed by atoms with Crippen LogP contribution in [0.3, 0.4) is 0 Å². The van der Waals surface area contributed by atoms with Gasteiger partial charge in [0.15, 0.2) is 17.6 Å². The quantitative estimate of drug-likeness (QED) is 0.839. The molecule has 0 radical (unpaired) electrons. The Morgan fingerprint density at radius 1 is 1.37 bits per heavy atom. The van der Waals surface area contributed by atoms with Gasteiger partial charge in [-0.15, -0.1) is 0 Å². The van der Waals surface area contributed by atoms with Crippen LogP contribution in [-0.2, 0) is 14.3 Å². The van der Waals surface area contributed by atoms with Gasteiger partial charge in [-0.25, -0.2) is 0 Å². The summed E-state index contributed by atoms with van der Waals surface area (Å²) < 4.78 is 15.3. The van der Waals surface area contributed by atoms with Gasteiger partial charge in [-0.2, -0.15) is 0 Å². The normalized spacial score (nSPS) is 13.8. The van der Waals surface area contributed by atoms with Crippen molar-refractivity contribution >= 4 is 17.6 Å². The number of carbonyl (C=O) groups is 2. The maximum atomic E-state index is 11.8. The van der Waals surface area contributed by atoms with Crippen LogP contribution >= 0.6 is 0 Å². The molecular formula is C13H15NO5. The van der Waals surface area contributed by atoms with Gasteiger partial charge < -0.3 is 19.5 Å². The number of carbonyl (C=O) groups excluding carboxylic acids is 2. The Bertz CT molecular complexity index is 500. The summed E-state index contributed by atoms with van der Waals surface area (Å²) in [7, 11) is 0. The third kappa shape index (κ3) is 3.15. The summed E-state index contributed by atoms with van der Waals surface area (Å²) in [5.41, 5.74) is 0.564. The second-order valence-electron chi connectivity index (χ2n) is 4.04. The van der Waals surface area contributed by atoms with Gasteiger partial charge >= 0.3 is 5.97 Å². The van der Waals surface area contributed by atoms with E-state index in [2.05, 4.69) is 5.32 Å². The number of nitrogens with one attached hydrogen (secondary N) is 1. The standard InChI is InChI=1S/C13H15NO5/c1-3-12(15)19-8(2)13(16)14-9-4-5-10-11(6-9)18-7-17-10/h4-6,8H,3,7H2,1-2H3,(H,14,16)/t8-/m0/s1. The van der Waals surface area contributed by atoms with E-state index in [-0.39, 0.29) is 19.1 Å². The summed E-state index contributed by atoms with van der Waals surface area (Å²) in [6, 6.07) is 5.06. The summed E-state index contributed by atoms with van der Waals surface area (Å²) in [5.74, 6) is 0.425. The Hall–Kier alpha value is -2.24. The van der Waals surface area contributed by atoms with Crippen molar-refractivity contribution in [2.24, 2.45) is 0 Å². The van der Waals surface area contributed by atoms with E-state index in [1.807, 2.05) is 0 Å².